The van der Waals surface area contributed by atoms with Gasteiger partial charge in [-0.2, -0.15) is 0 Å². The van der Waals surface area contributed by atoms with E-state index in [1.54, 1.807) is 0 Å². The van der Waals surface area contributed by atoms with E-state index < -0.39 is 0 Å². The standard InChI is InChI=1S/Cr.FH.Fe.HI.Mg.Mn.2H/h;1H;;1H;;;;/q+1;;;;;+1;;/p-2. The van der Waals surface area contributed by atoms with Crippen LogP contribution in [-0.4, -0.2) is 23.1 Å². The summed E-state index contributed by atoms with van der Waals surface area (Å²) in [7, 11) is 0. The topological polar surface area (TPSA) is 0 Å². The van der Waals surface area contributed by atoms with Gasteiger partial charge in [-0.1, -0.05) is 0 Å². The zero-order valence-corrected chi connectivity index (χ0v) is 7.61. The second-order valence-electron chi connectivity index (χ2n) is 0. The van der Waals surface area contributed by atoms with Crippen LogP contribution in [0.15, 0.2) is 0 Å². The van der Waals surface area contributed by atoms with Crippen LogP contribution in [0.4, 0.5) is 3.52 Å². The van der Waals surface area contributed by atoms with E-state index >= 15 is 0 Å². The van der Waals surface area contributed by atoms with Gasteiger partial charge in [0.1, 0.15) is 0 Å². The zero-order chi connectivity index (χ0) is 4.00. The fourth-order valence-corrected chi connectivity index (χ4v) is 0. The van der Waals surface area contributed by atoms with Crippen molar-refractivity contribution < 1.29 is 50.1 Å². The van der Waals surface area contributed by atoms with E-state index in [0.717, 1.165) is 16.7 Å². The van der Waals surface area contributed by atoms with Crippen molar-refractivity contribution in [2.45, 2.75) is 0 Å². The number of hydrogen-bond acceptors (Lipinski definition) is 0. The predicted molar refractivity (Wildman–Crippen MR) is 23.7 cm³/mol. The van der Waals surface area contributed by atoms with Gasteiger partial charge in [0.05, 0.1) is 0 Å². The monoisotopic (exact) mass is 335 g/mol. The molecular weight excluding hydrogens is 333 g/mol. The van der Waals surface area contributed by atoms with Gasteiger partial charge < -0.3 is 0 Å². The van der Waals surface area contributed by atoms with Crippen molar-refractivity contribution in [3.63, 3.8) is 0 Å². The molecule has 0 bridgehead atoms. The third-order valence-electron chi connectivity index (χ3n) is 0. The maximum atomic E-state index is 9.38. The van der Waals surface area contributed by atoms with Crippen LogP contribution in [0.5, 0.6) is 0 Å². The fourth-order valence-electron chi connectivity index (χ4n) is 0. The van der Waals surface area contributed by atoms with Gasteiger partial charge in [0.25, 0.3) is 0 Å². The molecule has 0 aromatic carbocycles. The first-order valence-corrected chi connectivity index (χ1v) is 4.59. The van der Waals surface area contributed by atoms with Crippen LogP contribution in [0.3, 0.4) is 0 Å². The molecule has 0 rings (SSSR count). The molecular formula is H2CrFFeIMgMn. The molecule has 0 spiro atoms. The average Bonchev–Trinajstić information content (AvgIpc) is 1.50. The van der Waals surface area contributed by atoms with Crippen LogP contribution in [-0.2, 0) is 46.6 Å². The Hall–Kier alpha value is 3.00. The summed E-state index contributed by atoms with van der Waals surface area (Å²) in [6.45, 7) is 0. The molecule has 0 aliphatic rings. The van der Waals surface area contributed by atoms with E-state index in [1.807, 2.05) is 20.3 Å². The Bertz CT molecular complexity index is 15.5. The number of rotatable bonds is 0. The summed E-state index contributed by atoms with van der Waals surface area (Å²) in [5.41, 5.74) is 0. The summed E-state index contributed by atoms with van der Waals surface area (Å²) in [6.07, 6.45) is 0. The summed E-state index contributed by atoms with van der Waals surface area (Å²) in [6, 6.07) is 0. The Labute approximate surface area is 91.8 Å². The summed E-state index contributed by atoms with van der Waals surface area (Å²) in [5, 5.41) is 0. The first kappa shape index (κ1) is 23.0. The molecule has 0 atom stereocenters. The molecule has 6 heavy (non-hydrogen) atoms. The van der Waals surface area contributed by atoms with Gasteiger partial charge in [-0.25, -0.2) is 0 Å². The molecule has 0 nitrogen and oxygen atoms in total. The van der Waals surface area contributed by atoms with Gasteiger partial charge in [0, 0.05) is 17.1 Å². The molecule has 0 N–H and O–H groups in total. The molecule has 0 aliphatic carbocycles. The minimum absolute atomic E-state index is 0. The SMILES string of the molecule is [F][Cr].[Fe].[MgH2].[Mn][I]. The number of halogens is 2. The van der Waals surface area contributed by atoms with Crippen molar-refractivity contribution in [2.24, 2.45) is 0 Å². The van der Waals surface area contributed by atoms with Crippen LogP contribution >= 0.6 is 20.3 Å². The fraction of sp³-hybridized carbons (Fsp3) is 0. The quantitative estimate of drug-likeness (QED) is 0.444. The van der Waals surface area contributed by atoms with Crippen LogP contribution in [0.1, 0.15) is 0 Å². The molecule has 0 saturated carbocycles. The van der Waals surface area contributed by atoms with Gasteiger partial charge in [0.2, 0.25) is 0 Å². The molecule has 0 aliphatic heterocycles. The van der Waals surface area contributed by atoms with E-state index in [9.17, 15) is 3.52 Å². The van der Waals surface area contributed by atoms with Crippen molar-refractivity contribution in [1.82, 2.24) is 0 Å². The van der Waals surface area contributed by atoms with Gasteiger partial charge in [-0.15, -0.1) is 0 Å². The third-order valence-corrected chi connectivity index (χ3v) is 0. The molecule has 0 saturated heterocycles. The first-order chi connectivity index (χ1) is 2.00. The van der Waals surface area contributed by atoms with Crippen LogP contribution in [0.2, 0.25) is 0 Å². The van der Waals surface area contributed by atoms with Crippen molar-refractivity contribution in [3.8, 4) is 0 Å². The average molecular weight is 335 g/mol. The second kappa shape index (κ2) is 43.6. The van der Waals surface area contributed by atoms with E-state index in [1.165, 1.54) is 0 Å². The van der Waals surface area contributed by atoms with Gasteiger partial charge in [-0.3, -0.25) is 0 Å². The summed E-state index contributed by atoms with van der Waals surface area (Å²) in [4.78, 5) is 0. The molecule has 0 heterocycles. The van der Waals surface area contributed by atoms with Crippen LogP contribution in [0, 0.1) is 0 Å². The van der Waals surface area contributed by atoms with Gasteiger partial charge >= 0.3 is 76.4 Å². The molecule has 6 heteroatoms. The summed E-state index contributed by atoms with van der Waals surface area (Å²) in [5.74, 6) is 0. The minimum atomic E-state index is 0. The molecule has 0 unspecified atom stereocenters. The van der Waals surface area contributed by atoms with Gasteiger partial charge in [0.15, 0.2) is 0 Å². The maximum absolute atomic E-state index is 9.38. The summed E-state index contributed by atoms with van der Waals surface area (Å²) < 4.78 is 9.38. The Morgan fingerprint density at radius 2 is 1.33 bits per heavy atom. The Morgan fingerprint density at radius 1 is 1.33 bits per heavy atom. The number of hydrogen-bond donors (Lipinski definition) is 0. The van der Waals surface area contributed by atoms with Crippen molar-refractivity contribution in [3.05, 3.63) is 0 Å². The summed E-state index contributed by atoms with van der Waals surface area (Å²) >= 11 is 6.00. The van der Waals surface area contributed by atoms with Gasteiger partial charge in [-0.05, 0) is 0 Å². The normalized spacial score (nSPS) is 1.83. The van der Waals surface area contributed by atoms with Crippen molar-refractivity contribution in [2.75, 3.05) is 0 Å². The molecule has 0 aromatic rings. The third kappa shape index (κ3) is 28.0. The Morgan fingerprint density at radius 3 is 1.33 bits per heavy atom. The Balaban J connectivity index is -0.00000000500. The Kier molecular flexibility index (Phi) is 167. The zero-order valence-electron chi connectivity index (χ0n) is 1.90. The second-order valence-corrected chi connectivity index (χ2v) is 0. The molecule has 0 amide bonds. The molecule has 39 valence electrons. The molecule has 0 aromatic heterocycles. The molecule has 0 fully saturated rings. The van der Waals surface area contributed by atoms with E-state index in [2.05, 4.69) is 12.8 Å². The molecule has 0 radical (unpaired) electrons. The van der Waals surface area contributed by atoms with Crippen molar-refractivity contribution in [1.29, 1.82) is 0 Å². The van der Waals surface area contributed by atoms with E-state index in [-0.39, 0.29) is 40.1 Å². The van der Waals surface area contributed by atoms with Crippen LogP contribution < -0.4 is 0 Å². The first-order valence-electron chi connectivity index (χ1n) is 0.297. The van der Waals surface area contributed by atoms with Crippen molar-refractivity contribution >= 4 is 43.4 Å². The van der Waals surface area contributed by atoms with E-state index in [0.29, 0.717) is 0 Å². The van der Waals surface area contributed by atoms with E-state index in [4.69, 9.17) is 0 Å². The predicted octanol–water partition coefficient (Wildman–Crippen LogP) is 0.382. The van der Waals surface area contributed by atoms with Crippen LogP contribution in [0.25, 0.3) is 0 Å².